The molecule has 0 aliphatic carbocycles. The number of anilines is 1. The number of carbonyl (C=O) groups is 1. The lowest BCUT2D eigenvalue weighted by atomic mass is 10.1. The van der Waals surface area contributed by atoms with Gasteiger partial charge < -0.3 is 10.8 Å². The van der Waals surface area contributed by atoms with E-state index in [1.54, 1.807) is 24.3 Å². The third-order valence-electron chi connectivity index (χ3n) is 2.20. The summed E-state index contributed by atoms with van der Waals surface area (Å²) < 4.78 is 0. The molecule has 0 saturated heterocycles. The molecule has 2 rings (SSSR count). The molecule has 3 nitrogen and oxygen atoms in total. The van der Waals surface area contributed by atoms with Crippen LogP contribution >= 0.6 is 11.6 Å². The molecule has 0 amide bonds. The fourth-order valence-corrected chi connectivity index (χ4v) is 1.59. The van der Waals surface area contributed by atoms with E-state index in [4.69, 9.17) is 22.4 Å². The van der Waals surface area contributed by atoms with E-state index in [0.717, 1.165) is 10.8 Å². The van der Waals surface area contributed by atoms with Gasteiger partial charge in [-0.2, -0.15) is 0 Å². The van der Waals surface area contributed by atoms with Gasteiger partial charge in [0.15, 0.2) is 0 Å². The van der Waals surface area contributed by atoms with Crippen molar-refractivity contribution in [2.75, 3.05) is 5.73 Å². The molecule has 0 aliphatic rings. The lowest BCUT2D eigenvalue weighted by Crippen LogP contribution is -1.95. The van der Waals surface area contributed by atoms with Crippen LogP contribution in [0.2, 0.25) is 5.02 Å². The molecule has 2 aromatic carbocycles. The van der Waals surface area contributed by atoms with Gasteiger partial charge in [0.25, 0.3) is 0 Å². The van der Waals surface area contributed by atoms with Crippen molar-refractivity contribution < 1.29 is 9.90 Å². The third-order valence-corrected chi connectivity index (χ3v) is 2.53. The molecule has 0 saturated carbocycles. The Kier molecular flexibility index (Phi) is 2.25. The fourth-order valence-electron chi connectivity index (χ4n) is 1.42. The van der Waals surface area contributed by atoms with Crippen molar-refractivity contribution in [3.05, 3.63) is 40.9 Å². The Balaban J connectivity index is 2.72. The van der Waals surface area contributed by atoms with E-state index in [1.165, 1.54) is 6.07 Å². The number of aromatic carboxylic acids is 1. The largest absolute Gasteiger partial charge is 0.478 e. The molecule has 0 spiro atoms. The predicted octanol–water partition coefficient (Wildman–Crippen LogP) is 2.77. The normalized spacial score (nSPS) is 10.5. The number of rotatable bonds is 1. The minimum absolute atomic E-state index is 0.239. The maximum absolute atomic E-state index is 10.7. The molecule has 0 fully saturated rings. The Morgan fingerprint density at radius 1 is 1.20 bits per heavy atom. The quantitative estimate of drug-likeness (QED) is 0.728. The summed E-state index contributed by atoms with van der Waals surface area (Å²) in [6.07, 6.45) is 0. The lowest BCUT2D eigenvalue weighted by molar-refractivity contribution is 0.0697. The van der Waals surface area contributed by atoms with Crippen LogP contribution in [0, 0.1) is 0 Å². The number of carboxylic acids is 1. The van der Waals surface area contributed by atoms with E-state index in [-0.39, 0.29) is 5.56 Å². The van der Waals surface area contributed by atoms with Crippen LogP contribution in [0.5, 0.6) is 0 Å². The zero-order chi connectivity index (χ0) is 11.0. The number of hydrogen-bond donors (Lipinski definition) is 2. The molecule has 0 aromatic heterocycles. The lowest BCUT2D eigenvalue weighted by Gasteiger charge is -2.03. The van der Waals surface area contributed by atoms with Crippen LogP contribution in [0.25, 0.3) is 10.8 Å². The molecule has 15 heavy (non-hydrogen) atoms. The van der Waals surface area contributed by atoms with Crippen molar-refractivity contribution >= 4 is 34.0 Å². The molecule has 4 heteroatoms. The highest BCUT2D eigenvalue weighted by atomic mass is 35.5. The average Bonchev–Trinajstić information content (AvgIpc) is 2.19. The molecule has 0 aliphatic heterocycles. The Hall–Kier alpha value is -1.74. The first-order valence-corrected chi connectivity index (χ1v) is 4.68. The first-order valence-electron chi connectivity index (χ1n) is 4.30. The van der Waals surface area contributed by atoms with E-state index in [9.17, 15) is 4.79 Å². The highest BCUT2D eigenvalue weighted by Crippen LogP contribution is 2.26. The summed E-state index contributed by atoms with van der Waals surface area (Å²) in [5, 5.41) is 10.9. The van der Waals surface area contributed by atoms with Gasteiger partial charge in [0.1, 0.15) is 0 Å². The predicted molar refractivity (Wildman–Crippen MR) is 60.3 cm³/mol. The first kappa shape index (κ1) is 9.80. The van der Waals surface area contributed by atoms with Gasteiger partial charge >= 0.3 is 5.97 Å². The average molecular weight is 222 g/mol. The summed E-state index contributed by atoms with van der Waals surface area (Å²) in [4.78, 5) is 10.7. The number of fused-ring (bicyclic) bond motifs is 1. The van der Waals surface area contributed by atoms with E-state index < -0.39 is 5.97 Å². The molecule has 2 aromatic rings. The van der Waals surface area contributed by atoms with Crippen molar-refractivity contribution in [2.24, 2.45) is 0 Å². The number of hydrogen-bond acceptors (Lipinski definition) is 2. The number of nitrogens with two attached hydrogens (primary N) is 1. The number of benzene rings is 2. The van der Waals surface area contributed by atoms with Crippen LogP contribution in [-0.2, 0) is 0 Å². The van der Waals surface area contributed by atoms with E-state index in [1.807, 2.05) is 0 Å². The maximum Gasteiger partial charge on any atom is 0.335 e. The summed E-state index contributed by atoms with van der Waals surface area (Å²) >= 11 is 5.85. The van der Waals surface area contributed by atoms with Crippen LogP contribution in [0.1, 0.15) is 10.4 Å². The van der Waals surface area contributed by atoms with Crippen molar-refractivity contribution in [3.63, 3.8) is 0 Å². The first-order chi connectivity index (χ1) is 7.08. The second-order valence-corrected chi connectivity index (χ2v) is 3.65. The second-order valence-electron chi connectivity index (χ2n) is 3.24. The van der Waals surface area contributed by atoms with Crippen molar-refractivity contribution in [2.45, 2.75) is 0 Å². The van der Waals surface area contributed by atoms with Gasteiger partial charge in [-0.25, -0.2) is 4.79 Å². The zero-order valence-electron chi connectivity index (χ0n) is 7.70. The van der Waals surface area contributed by atoms with Crippen LogP contribution in [0.15, 0.2) is 30.3 Å². The summed E-state index contributed by atoms with van der Waals surface area (Å²) in [5.41, 5.74) is 6.37. The van der Waals surface area contributed by atoms with Crippen LogP contribution < -0.4 is 5.73 Å². The van der Waals surface area contributed by atoms with Gasteiger partial charge in [0.05, 0.1) is 16.3 Å². The highest BCUT2D eigenvalue weighted by molar-refractivity contribution is 6.34. The van der Waals surface area contributed by atoms with E-state index >= 15 is 0 Å². The molecule has 76 valence electrons. The maximum atomic E-state index is 10.7. The molecule has 0 bridgehead atoms. The smallest absolute Gasteiger partial charge is 0.335 e. The van der Waals surface area contributed by atoms with Gasteiger partial charge in [-0.3, -0.25) is 0 Å². The molecular formula is C11H8ClNO2. The van der Waals surface area contributed by atoms with Gasteiger partial charge in [0, 0.05) is 0 Å². The van der Waals surface area contributed by atoms with Gasteiger partial charge in [-0.05, 0) is 35.0 Å². The SMILES string of the molecule is Nc1cc2ccc(C(=O)O)cc2cc1Cl. The standard InChI is InChI=1S/C11H8ClNO2/c12-9-4-8-3-7(11(14)15)2-1-6(8)5-10(9)13/h1-5H,13H2,(H,14,15). The second kappa shape index (κ2) is 3.44. The van der Waals surface area contributed by atoms with Crippen LogP contribution in [-0.4, -0.2) is 11.1 Å². The molecule has 0 unspecified atom stereocenters. The topological polar surface area (TPSA) is 63.3 Å². The molecular weight excluding hydrogens is 214 g/mol. The highest BCUT2D eigenvalue weighted by Gasteiger charge is 2.05. The Morgan fingerprint density at radius 2 is 1.93 bits per heavy atom. The molecule has 0 radical (unpaired) electrons. The Bertz CT molecular complexity index is 552. The number of nitrogen functional groups attached to an aromatic ring is 1. The van der Waals surface area contributed by atoms with Gasteiger partial charge in [-0.1, -0.05) is 17.7 Å². The van der Waals surface area contributed by atoms with Crippen molar-refractivity contribution in [1.29, 1.82) is 0 Å². The van der Waals surface area contributed by atoms with Crippen LogP contribution in [0.3, 0.4) is 0 Å². The zero-order valence-corrected chi connectivity index (χ0v) is 8.45. The fraction of sp³-hybridized carbons (Fsp3) is 0. The van der Waals surface area contributed by atoms with Gasteiger partial charge in [0.2, 0.25) is 0 Å². The monoisotopic (exact) mass is 221 g/mol. The molecule has 3 N–H and O–H groups in total. The van der Waals surface area contributed by atoms with Crippen LogP contribution in [0.4, 0.5) is 5.69 Å². The molecule has 0 heterocycles. The van der Waals surface area contributed by atoms with Crippen molar-refractivity contribution in [3.8, 4) is 0 Å². The summed E-state index contributed by atoms with van der Waals surface area (Å²) in [5.74, 6) is -0.954. The Morgan fingerprint density at radius 3 is 2.60 bits per heavy atom. The number of halogens is 1. The van der Waals surface area contributed by atoms with E-state index in [2.05, 4.69) is 0 Å². The van der Waals surface area contributed by atoms with Gasteiger partial charge in [-0.15, -0.1) is 0 Å². The van der Waals surface area contributed by atoms with E-state index in [0.29, 0.717) is 10.7 Å². The minimum atomic E-state index is -0.954. The summed E-state index contributed by atoms with van der Waals surface area (Å²) in [6, 6.07) is 8.22. The third kappa shape index (κ3) is 1.74. The summed E-state index contributed by atoms with van der Waals surface area (Å²) in [7, 11) is 0. The Labute approximate surface area is 91.1 Å². The molecule has 0 atom stereocenters. The number of carboxylic acid groups (broad SMARTS) is 1. The van der Waals surface area contributed by atoms with Crippen molar-refractivity contribution in [1.82, 2.24) is 0 Å². The summed E-state index contributed by atoms with van der Waals surface area (Å²) in [6.45, 7) is 0. The minimum Gasteiger partial charge on any atom is -0.478 e.